The van der Waals surface area contributed by atoms with Gasteiger partial charge in [-0.15, -0.1) is 0 Å². The molecule has 3 nitrogen and oxygen atoms in total. The van der Waals surface area contributed by atoms with E-state index >= 15 is 0 Å². The van der Waals surface area contributed by atoms with Gasteiger partial charge in [0, 0.05) is 23.5 Å². The fourth-order valence-corrected chi connectivity index (χ4v) is 3.19. The van der Waals surface area contributed by atoms with Gasteiger partial charge in [-0.05, 0) is 55.9 Å². The van der Waals surface area contributed by atoms with Crippen LogP contribution in [0.15, 0.2) is 35.1 Å². The maximum atomic E-state index is 12.7. The number of hydrogen-bond donors (Lipinski definition) is 1. The number of benzene rings is 1. The lowest BCUT2D eigenvalue weighted by Crippen LogP contribution is -2.30. The van der Waals surface area contributed by atoms with Gasteiger partial charge in [0.05, 0.1) is 0 Å². The molecule has 1 aromatic heterocycles. The third-order valence-corrected chi connectivity index (χ3v) is 4.42. The topological polar surface area (TPSA) is 48.0 Å². The summed E-state index contributed by atoms with van der Waals surface area (Å²) in [6, 6.07) is 10.2. The first-order valence-corrected chi connectivity index (χ1v) is 7.64. The predicted molar refractivity (Wildman–Crippen MR) is 85.9 cm³/mol. The lowest BCUT2D eigenvalue weighted by Gasteiger charge is -2.26. The lowest BCUT2D eigenvalue weighted by atomic mass is 9.87. The second-order valence-electron chi connectivity index (χ2n) is 6.17. The molecule has 0 saturated carbocycles. The third kappa shape index (κ3) is 2.54. The van der Waals surface area contributed by atoms with E-state index < -0.39 is 0 Å². The van der Waals surface area contributed by atoms with Crippen LogP contribution in [0, 0.1) is 12.8 Å². The maximum Gasteiger partial charge on any atom is 0.259 e. The lowest BCUT2D eigenvalue weighted by molar-refractivity contribution is 0.485. The first-order chi connectivity index (χ1) is 10.1. The van der Waals surface area contributed by atoms with Crippen molar-refractivity contribution in [2.45, 2.75) is 39.7 Å². The molecule has 0 amide bonds. The van der Waals surface area contributed by atoms with Crippen molar-refractivity contribution in [3.05, 3.63) is 63.1 Å². The van der Waals surface area contributed by atoms with Crippen LogP contribution in [0.2, 0.25) is 0 Å². The van der Waals surface area contributed by atoms with E-state index in [9.17, 15) is 4.79 Å². The molecular weight excluding hydrogens is 260 g/mol. The molecule has 0 saturated heterocycles. The number of aryl methyl sites for hydroxylation is 1. The zero-order valence-electron chi connectivity index (χ0n) is 12.7. The molecule has 0 bridgehead atoms. The molecule has 1 heterocycles. The van der Waals surface area contributed by atoms with Crippen LogP contribution in [0.4, 0.5) is 0 Å². The summed E-state index contributed by atoms with van der Waals surface area (Å²) >= 11 is 0. The highest BCUT2D eigenvalue weighted by Gasteiger charge is 2.21. The molecule has 21 heavy (non-hydrogen) atoms. The van der Waals surface area contributed by atoms with Crippen molar-refractivity contribution in [2.24, 2.45) is 11.7 Å². The van der Waals surface area contributed by atoms with Crippen LogP contribution in [0.3, 0.4) is 0 Å². The Labute approximate surface area is 125 Å². The third-order valence-electron chi connectivity index (χ3n) is 4.42. The molecule has 0 aliphatic heterocycles. The molecule has 1 atom stereocenters. The Kier molecular flexibility index (Phi) is 3.68. The summed E-state index contributed by atoms with van der Waals surface area (Å²) < 4.78 is 1.88. The average molecular weight is 282 g/mol. The zero-order chi connectivity index (χ0) is 15.0. The standard InChI is InChI=1S/C18H22N2O/c1-12-3-6-16(7-4-12)20-17-8-5-13(2)9-14(17)10-15(11-19)18(20)21/h3-4,6-7,10,13H,5,8-9,11,19H2,1-2H3. The quantitative estimate of drug-likeness (QED) is 0.920. The minimum Gasteiger partial charge on any atom is -0.326 e. The summed E-state index contributed by atoms with van der Waals surface area (Å²) in [6.07, 6.45) is 3.14. The smallest absolute Gasteiger partial charge is 0.259 e. The number of nitrogens with zero attached hydrogens (tertiary/aromatic N) is 1. The van der Waals surface area contributed by atoms with E-state index in [1.165, 1.54) is 16.8 Å². The maximum absolute atomic E-state index is 12.7. The highest BCUT2D eigenvalue weighted by atomic mass is 16.1. The van der Waals surface area contributed by atoms with Crippen LogP contribution in [0.5, 0.6) is 0 Å². The van der Waals surface area contributed by atoms with Gasteiger partial charge < -0.3 is 5.73 Å². The van der Waals surface area contributed by atoms with E-state index in [0.717, 1.165) is 24.9 Å². The number of nitrogens with two attached hydrogens (primary N) is 1. The Balaban J connectivity index is 2.25. The fraction of sp³-hybridized carbons (Fsp3) is 0.389. The van der Waals surface area contributed by atoms with Crippen molar-refractivity contribution in [3.63, 3.8) is 0 Å². The van der Waals surface area contributed by atoms with E-state index in [0.29, 0.717) is 18.0 Å². The second-order valence-corrected chi connectivity index (χ2v) is 6.17. The number of pyridine rings is 1. The van der Waals surface area contributed by atoms with Crippen molar-refractivity contribution in [2.75, 3.05) is 0 Å². The number of rotatable bonds is 2. The molecule has 0 spiro atoms. The van der Waals surface area contributed by atoms with Gasteiger partial charge in [0.25, 0.3) is 5.56 Å². The second kappa shape index (κ2) is 5.49. The Morgan fingerprint density at radius 3 is 2.67 bits per heavy atom. The van der Waals surface area contributed by atoms with Crippen LogP contribution < -0.4 is 11.3 Å². The minimum atomic E-state index is 0.0367. The van der Waals surface area contributed by atoms with Gasteiger partial charge in [-0.25, -0.2) is 0 Å². The fourth-order valence-electron chi connectivity index (χ4n) is 3.19. The van der Waals surface area contributed by atoms with Gasteiger partial charge in [-0.1, -0.05) is 24.6 Å². The molecule has 1 aliphatic carbocycles. The molecule has 1 unspecified atom stereocenters. The van der Waals surface area contributed by atoms with Gasteiger partial charge >= 0.3 is 0 Å². The molecule has 0 fully saturated rings. The summed E-state index contributed by atoms with van der Waals surface area (Å²) in [5, 5.41) is 0. The molecule has 2 N–H and O–H groups in total. The zero-order valence-corrected chi connectivity index (χ0v) is 12.7. The Morgan fingerprint density at radius 1 is 1.29 bits per heavy atom. The van der Waals surface area contributed by atoms with Gasteiger partial charge in [0.15, 0.2) is 0 Å². The van der Waals surface area contributed by atoms with Crippen molar-refractivity contribution in [1.29, 1.82) is 0 Å². The monoisotopic (exact) mass is 282 g/mol. The van der Waals surface area contributed by atoms with Crippen molar-refractivity contribution in [3.8, 4) is 5.69 Å². The van der Waals surface area contributed by atoms with Crippen molar-refractivity contribution < 1.29 is 0 Å². The van der Waals surface area contributed by atoms with E-state index in [2.05, 4.69) is 26.0 Å². The molecular formula is C18H22N2O. The number of aromatic nitrogens is 1. The molecule has 1 aromatic carbocycles. The number of fused-ring (bicyclic) bond motifs is 1. The summed E-state index contributed by atoms with van der Waals surface area (Å²) in [4.78, 5) is 12.7. The highest BCUT2D eigenvalue weighted by Crippen LogP contribution is 2.26. The van der Waals surface area contributed by atoms with Gasteiger partial charge in [0.1, 0.15) is 0 Å². The van der Waals surface area contributed by atoms with Crippen molar-refractivity contribution in [1.82, 2.24) is 4.57 Å². The predicted octanol–water partition coefficient (Wildman–Crippen LogP) is 2.73. The number of hydrogen-bond acceptors (Lipinski definition) is 2. The van der Waals surface area contributed by atoms with E-state index in [1.807, 2.05) is 22.8 Å². The van der Waals surface area contributed by atoms with Crippen molar-refractivity contribution >= 4 is 0 Å². The van der Waals surface area contributed by atoms with Crippen LogP contribution >= 0.6 is 0 Å². The van der Waals surface area contributed by atoms with Crippen LogP contribution in [-0.2, 0) is 19.4 Å². The van der Waals surface area contributed by atoms with E-state index in [4.69, 9.17) is 5.73 Å². The van der Waals surface area contributed by atoms with Gasteiger partial charge in [-0.3, -0.25) is 9.36 Å². The van der Waals surface area contributed by atoms with Crippen LogP contribution in [-0.4, -0.2) is 4.57 Å². The molecule has 1 aliphatic rings. The first kappa shape index (κ1) is 14.1. The Bertz CT molecular complexity index is 713. The normalized spacial score (nSPS) is 17.6. The summed E-state index contributed by atoms with van der Waals surface area (Å²) in [6.45, 7) is 4.62. The van der Waals surface area contributed by atoms with E-state index in [1.54, 1.807) is 0 Å². The molecule has 110 valence electrons. The van der Waals surface area contributed by atoms with Gasteiger partial charge in [0.2, 0.25) is 0 Å². The van der Waals surface area contributed by atoms with E-state index in [-0.39, 0.29) is 5.56 Å². The molecule has 3 rings (SSSR count). The summed E-state index contributed by atoms with van der Waals surface area (Å²) in [5.41, 5.74) is 11.1. The summed E-state index contributed by atoms with van der Waals surface area (Å²) in [7, 11) is 0. The molecule has 0 radical (unpaired) electrons. The molecule has 3 heteroatoms. The Hall–Kier alpha value is -1.87. The van der Waals surface area contributed by atoms with Crippen LogP contribution in [0.1, 0.15) is 35.7 Å². The highest BCUT2D eigenvalue weighted by molar-refractivity contribution is 5.41. The minimum absolute atomic E-state index is 0.0367. The summed E-state index contributed by atoms with van der Waals surface area (Å²) in [5.74, 6) is 0.673. The van der Waals surface area contributed by atoms with Crippen LogP contribution in [0.25, 0.3) is 5.69 Å². The SMILES string of the molecule is Cc1ccc(-n2c3c(cc(CN)c2=O)CC(C)CC3)cc1. The molecule has 2 aromatic rings. The first-order valence-electron chi connectivity index (χ1n) is 7.64. The Morgan fingerprint density at radius 2 is 2.00 bits per heavy atom. The largest absolute Gasteiger partial charge is 0.326 e. The average Bonchev–Trinajstić information content (AvgIpc) is 2.48. The van der Waals surface area contributed by atoms with Gasteiger partial charge in [-0.2, -0.15) is 0 Å².